The molecular weight excluding hydrogens is 176 g/mol. The first kappa shape index (κ1) is 11.5. The maximum Gasteiger partial charge on any atom is 0.154 e. The van der Waals surface area contributed by atoms with E-state index in [9.17, 15) is 8.42 Å². The minimum Gasteiger partial charge on any atom is -0.368 e. The molecule has 0 unspecified atom stereocenters. The van der Waals surface area contributed by atoms with Crippen molar-refractivity contribution in [3.05, 3.63) is 0 Å². The summed E-state index contributed by atoms with van der Waals surface area (Å²) in [6.07, 6.45) is 4.91. The highest BCUT2D eigenvalue weighted by molar-refractivity contribution is 7.91. The smallest absolute Gasteiger partial charge is 0.154 e. The van der Waals surface area contributed by atoms with Gasteiger partial charge in [-0.05, 0) is 13.8 Å². The van der Waals surface area contributed by atoms with Crippen LogP contribution in [0, 0.1) is 12.3 Å². The molecule has 0 rings (SSSR count). The Morgan fingerprint density at radius 2 is 2.08 bits per heavy atom. The standard InChI is InChI=1S/C8H14O3S/c1-4-5-11-6-7-12(9,10)8(2)3/h1,8H,5-7H2,2-3H3. The molecule has 0 bridgehead atoms. The number of hydrogen-bond donors (Lipinski definition) is 0. The van der Waals surface area contributed by atoms with Gasteiger partial charge in [-0.25, -0.2) is 8.42 Å². The quantitative estimate of drug-likeness (QED) is 0.467. The highest BCUT2D eigenvalue weighted by Crippen LogP contribution is 1.99. The van der Waals surface area contributed by atoms with Crippen molar-refractivity contribution in [3.63, 3.8) is 0 Å². The van der Waals surface area contributed by atoms with Gasteiger partial charge < -0.3 is 4.74 Å². The zero-order valence-electron chi connectivity index (χ0n) is 7.41. The molecule has 0 N–H and O–H groups in total. The van der Waals surface area contributed by atoms with Crippen LogP contribution < -0.4 is 0 Å². The molecule has 0 heterocycles. The highest BCUT2D eigenvalue weighted by atomic mass is 32.2. The molecule has 4 heteroatoms. The van der Waals surface area contributed by atoms with Crippen molar-refractivity contribution < 1.29 is 13.2 Å². The lowest BCUT2D eigenvalue weighted by atomic mass is 10.6. The van der Waals surface area contributed by atoms with Crippen molar-refractivity contribution in [1.82, 2.24) is 0 Å². The zero-order valence-corrected chi connectivity index (χ0v) is 8.23. The predicted molar refractivity (Wildman–Crippen MR) is 48.6 cm³/mol. The molecule has 0 atom stereocenters. The molecular formula is C8H14O3S. The molecule has 0 aromatic carbocycles. The van der Waals surface area contributed by atoms with Crippen molar-refractivity contribution in [1.29, 1.82) is 0 Å². The van der Waals surface area contributed by atoms with Gasteiger partial charge in [-0.15, -0.1) is 6.42 Å². The van der Waals surface area contributed by atoms with Crippen LogP contribution in [-0.2, 0) is 14.6 Å². The third-order valence-electron chi connectivity index (χ3n) is 1.42. The molecule has 0 fully saturated rings. The first-order valence-corrected chi connectivity index (χ1v) is 5.45. The van der Waals surface area contributed by atoms with Crippen LogP contribution in [0.2, 0.25) is 0 Å². The predicted octanol–water partition coefficient (Wildman–Crippen LogP) is 0.459. The van der Waals surface area contributed by atoms with Gasteiger partial charge in [0.1, 0.15) is 6.61 Å². The van der Waals surface area contributed by atoms with E-state index < -0.39 is 9.84 Å². The van der Waals surface area contributed by atoms with Crippen molar-refractivity contribution >= 4 is 9.84 Å². The van der Waals surface area contributed by atoms with Crippen LogP contribution in [0.5, 0.6) is 0 Å². The van der Waals surface area contributed by atoms with Crippen molar-refractivity contribution in [2.75, 3.05) is 19.0 Å². The first-order chi connectivity index (χ1) is 5.50. The van der Waals surface area contributed by atoms with Gasteiger partial charge in [0.15, 0.2) is 9.84 Å². The summed E-state index contributed by atoms with van der Waals surface area (Å²) in [6.45, 7) is 3.66. The van der Waals surface area contributed by atoms with E-state index in [0.29, 0.717) is 0 Å². The third-order valence-corrected chi connectivity index (χ3v) is 3.59. The van der Waals surface area contributed by atoms with E-state index in [2.05, 4.69) is 5.92 Å². The summed E-state index contributed by atoms with van der Waals surface area (Å²) in [7, 11) is -2.97. The van der Waals surface area contributed by atoms with Crippen LogP contribution in [-0.4, -0.2) is 32.6 Å². The SMILES string of the molecule is C#CCOCCS(=O)(=O)C(C)C. The van der Waals surface area contributed by atoms with E-state index in [-0.39, 0.29) is 24.2 Å². The van der Waals surface area contributed by atoms with Crippen LogP contribution in [0.15, 0.2) is 0 Å². The Labute approximate surface area is 74.0 Å². The fourth-order valence-corrected chi connectivity index (χ4v) is 1.36. The lowest BCUT2D eigenvalue weighted by Gasteiger charge is -2.06. The first-order valence-electron chi connectivity index (χ1n) is 3.73. The monoisotopic (exact) mass is 190 g/mol. The number of terminal acetylenes is 1. The summed E-state index contributed by atoms with van der Waals surface area (Å²) >= 11 is 0. The Morgan fingerprint density at radius 3 is 2.50 bits per heavy atom. The van der Waals surface area contributed by atoms with Gasteiger partial charge in [0.05, 0.1) is 17.6 Å². The Kier molecular flexibility index (Phi) is 4.95. The fourth-order valence-electron chi connectivity index (χ4n) is 0.542. The topological polar surface area (TPSA) is 43.4 Å². The van der Waals surface area contributed by atoms with Crippen LogP contribution in [0.1, 0.15) is 13.8 Å². The molecule has 3 nitrogen and oxygen atoms in total. The van der Waals surface area contributed by atoms with Gasteiger partial charge in [-0.3, -0.25) is 0 Å². The van der Waals surface area contributed by atoms with E-state index >= 15 is 0 Å². The molecule has 0 saturated carbocycles. The Hall–Kier alpha value is -0.530. The molecule has 0 aliphatic carbocycles. The molecule has 0 aliphatic heterocycles. The van der Waals surface area contributed by atoms with Crippen molar-refractivity contribution in [2.24, 2.45) is 0 Å². The summed E-state index contributed by atoms with van der Waals surface area (Å²) < 4.78 is 27.2. The summed E-state index contributed by atoms with van der Waals surface area (Å²) in [6, 6.07) is 0. The molecule has 0 amide bonds. The molecule has 0 saturated heterocycles. The second kappa shape index (κ2) is 5.18. The average Bonchev–Trinajstić information content (AvgIpc) is 1.98. The number of ether oxygens (including phenoxy) is 1. The van der Waals surface area contributed by atoms with E-state index in [1.54, 1.807) is 13.8 Å². The van der Waals surface area contributed by atoms with Crippen molar-refractivity contribution in [2.45, 2.75) is 19.1 Å². The largest absolute Gasteiger partial charge is 0.368 e. The Morgan fingerprint density at radius 1 is 1.50 bits per heavy atom. The van der Waals surface area contributed by atoms with Gasteiger partial charge in [0.25, 0.3) is 0 Å². The lowest BCUT2D eigenvalue weighted by molar-refractivity contribution is 0.184. The van der Waals surface area contributed by atoms with Gasteiger partial charge in [0.2, 0.25) is 0 Å². The minimum absolute atomic E-state index is 0.0480. The number of hydrogen-bond acceptors (Lipinski definition) is 3. The van der Waals surface area contributed by atoms with E-state index in [4.69, 9.17) is 11.2 Å². The van der Waals surface area contributed by atoms with Gasteiger partial charge in [-0.2, -0.15) is 0 Å². The minimum atomic E-state index is -2.97. The van der Waals surface area contributed by atoms with Crippen molar-refractivity contribution in [3.8, 4) is 12.3 Å². The molecule has 0 radical (unpaired) electrons. The highest BCUT2D eigenvalue weighted by Gasteiger charge is 2.14. The maximum atomic E-state index is 11.2. The summed E-state index contributed by atoms with van der Waals surface area (Å²) in [5.41, 5.74) is 0. The van der Waals surface area contributed by atoms with E-state index in [1.165, 1.54) is 0 Å². The maximum absolute atomic E-state index is 11.2. The second-order valence-electron chi connectivity index (χ2n) is 2.67. The molecule has 0 aromatic heterocycles. The van der Waals surface area contributed by atoms with Crippen LogP contribution in [0.25, 0.3) is 0 Å². The third kappa shape index (κ3) is 4.37. The fraction of sp³-hybridized carbons (Fsp3) is 0.750. The zero-order chi connectivity index (χ0) is 9.61. The summed E-state index contributed by atoms with van der Waals surface area (Å²) in [5, 5.41) is -0.341. The number of sulfone groups is 1. The van der Waals surface area contributed by atoms with E-state index in [0.717, 1.165) is 0 Å². The molecule has 0 aromatic rings. The molecule has 0 spiro atoms. The number of rotatable bonds is 5. The van der Waals surface area contributed by atoms with Crippen LogP contribution in [0.3, 0.4) is 0 Å². The normalized spacial score (nSPS) is 11.5. The summed E-state index contributed by atoms with van der Waals surface area (Å²) in [4.78, 5) is 0. The van der Waals surface area contributed by atoms with Crippen LogP contribution in [0.4, 0.5) is 0 Å². The molecule has 12 heavy (non-hydrogen) atoms. The van der Waals surface area contributed by atoms with Gasteiger partial charge >= 0.3 is 0 Å². The molecule has 0 aliphatic rings. The Balaban J connectivity index is 3.72. The molecule has 70 valence electrons. The van der Waals surface area contributed by atoms with Crippen LogP contribution >= 0.6 is 0 Å². The van der Waals surface area contributed by atoms with Gasteiger partial charge in [-0.1, -0.05) is 5.92 Å². The van der Waals surface area contributed by atoms with Gasteiger partial charge in [0, 0.05) is 0 Å². The lowest BCUT2D eigenvalue weighted by Crippen LogP contribution is -2.21. The second-order valence-corrected chi connectivity index (χ2v) is 5.35. The van der Waals surface area contributed by atoms with E-state index in [1.807, 2.05) is 0 Å². The Bertz CT molecular complexity index is 246. The summed E-state index contributed by atoms with van der Waals surface area (Å²) in [5.74, 6) is 2.31. The average molecular weight is 190 g/mol.